The second-order valence-corrected chi connectivity index (χ2v) is 4.06. The molecule has 0 bridgehead atoms. The third-order valence-corrected chi connectivity index (χ3v) is 2.71. The Bertz CT molecular complexity index is 632. The molecule has 102 valence electrons. The summed E-state index contributed by atoms with van der Waals surface area (Å²) < 4.78 is 10.9. The van der Waals surface area contributed by atoms with E-state index in [0.29, 0.717) is 23.7 Å². The summed E-state index contributed by atoms with van der Waals surface area (Å²) in [7, 11) is 1.60. The first kappa shape index (κ1) is 13.6. The molecule has 20 heavy (non-hydrogen) atoms. The molecule has 0 aliphatic carbocycles. The molecule has 0 saturated carbocycles. The second-order valence-electron chi connectivity index (χ2n) is 4.06. The van der Waals surface area contributed by atoms with E-state index in [-0.39, 0.29) is 0 Å². The lowest BCUT2D eigenvalue weighted by Crippen LogP contribution is -2.00. The van der Waals surface area contributed by atoms with Crippen LogP contribution in [0, 0.1) is 0 Å². The molecule has 2 rings (SSSR count). The molecule has 0 radical (unpaired) electrons. The molecule has 0 heterocycles. The Morgan fingerprint density at radius 1 is 1.20 bits per heavy atom. The predicted octanol–water partition coefficient (Wildman–Crippen LogP) is 2.82. The first-order chi connectivity index (χ1) is 9.72. The lowest BCUT2D eigenvalue weighted by molar-refractivity contribution is 0.297. The SMILES string of the molecule is COc1ccc(N)cc1COc1ccc(N=C=O)cc1. The van der Waals surface area contributed by atoms with Crippen LogP contribution < -0.4 is 15.2 Å². The topological polar surface area (TPSA) is 73.9 Å². The van der Waals surface area contributed by atoms with Gasteiger partial charge < -0.3 is 15.2 Å². The van der Waals surface area contributed by atoms with Crippen LogP contribution in [-0.2, 0) is 11.4 Å². The Hall–Kier alpha value is -2.78. The van der Waals surface area contributed by atoms with Gasteiger partial charge in [0.25, 0.3) is 0 Å². The smallest absolute Gasteiger partial charge is 0.240 e. The highest BCUT2D eigenvalue weighted by atomic mass is 16.5. The summed E-state index contributed by atoms with van der Waals surface area (Å²) >= 11 is 0. The zero-order valence-electron chi connectivity index (χ0n) is 11.0. The van der Waals surface area contributed by atoms with E-state index in [1.165, 1.54) is 6.08 Å². The molecule has 5 heteroatoms. The van der Waals surface area contributed by atoms with Gasteiger partial charge in [-0.2, -0.15) is 4.99 Å². The number of hydrogen-bond donors (Lipinski definition) is 1. The number of rotatable bonds is 5. The van der Waals surface area contributed by atoms with Gasteiger partial charge in [0.15, 0.2) is 0 Å². The Balaban J connectivity index is 2.08. The summed E-state index contributed by atoms with van der Waals surface area (Å²) in [5.74, 6) is 1.39. The van der Waals surface area contributed by atoms with Crippen molar-refractivity contribution in [1.82, 2.24) is 0 Å². The third kappa shape index (κ3) is 3.37. The zero-order chi connectivity index (χ0) is 14.4. The number of benzene rings is 2. The van der Waals surface area contributed by atoms with Crippen LogP contribution in [0.2, 0.25) is 0 Å². The van der Waals surface area contributed by atoms with Crippen LogP contribution in [0.15, 0.2) is 47.5 Å². The summed E-state index contributed by atoms with van der Waals surface area (Å²) in [5, 5.41) is 0. The van der Waals surface area contributed by atoms with E-state index in [0.717, 1.165) is 11.3 Å². The van der Waals surface area contributed by atoms with Gasteiger partial charge in [-0.15, -0.1) is 0 Å². The third-order valence-electron chi connectivity index (χ3n) is 2.71. The molecule has 0 aliphatic heterocycles. The van der Waals surface area contributed by atoms with Gasteiger partial charge in [0, 0.05) is 11.3 Å². The quantitative estimate of drug-likeness (QED) is 0.515. The lowest BCUT2D eigenvalue weighted by Gasteiger charge is -2.11. The van der Waals surface area contributed by atoms with Crippen molar-refractivity contribution in [3.8, 4) is 11.5 Å². The van der Waals surface area contributed by atoms with Gasteiger partial charge >= 0.3 is 0 Å². The Labute approximate surface area is 116 Å². The number of methoxy groups -OCH3 is 1. The molecule has 0 aliphatic rings. The number of anilines is 1. The van der Waals surface area contributed by atoms with Crippen LogP contribution in [0.1, 0.15) is 5.56 Å². The summed E-state index contributed by atoms with van der Waals surface area (Å²) in [4.78, 5) is 13.6. The van der Waals surface area contributed by atoms with Crippen molar-refractivity contribution < 1.29 is 14.3 Å². The molecule has 0 unspecified atom stereocenters. The van der Waals surface area contributed by atoms with Crippen LogP contribution in [0.25, 0.3) is 0 Å². The van der Waals surface area contributed by atoms with E-state index >= 15 is 0 Å². The van der Waals surface area contributed by atoms with Crippen LogP contribution in [-0.4, -0.2) is 13.2 Å². The van der Waals surface area contributed by atoms with Crippen molar-refractivity contribution in [1.29, 1.82) is 0 Å². The molecule has 0 saturated heterocycles. The zero-order valence-corrected chi connectivity index (χ0v) is 11.0. The van der Waals surface area contributed by atoms with E-state index in [1.807, 2.05) is 6.07 Å². The van der Waals surface area contributed by atoms with Crippen molar-refractivity contribution in [2.45, 2.75) is 6.61 Å². The number of nitrogens with two attached hydrogens (primary N) is 1. The van der Waals surface area contributed by atoms with Crippen molar-refractivity contribution >= 4 is 17.5 Å². The largest absolute Gasteiger partial charge is 0.496 e. The maximum Gasteiger partial charge on any atom is 0.240 e. The van der Waals surface area contributed by atoms with Gasteiger partial charge in [-0.1, -0.05) is 0 Å². The molecule has 5 nitrogen and oxygen atoms in total. The molecule has 0 atom stereocenters. The molecular formula is C15H14N2O3. The van der Waals surface area contributed by atoms with E-state index in [9.17, 15) is 4.79 Å². The number of aliphatic imine (C=N–C) groups is 1. The Morgan fingerprint density at radius 2 is 1.95 bits per heavy atom. The fourth-order valence-electron chi connectivity index (χ4n) is 1.74. The van der Waals surface area contributed by atoms with E-state index in [1.54, 1.807) is 43.5 Å². The Kier molecular flexibility index (Phi) is 4.37. The minimum Gasteiger partial charge on any atom is -0.496 e. The molecule has 2 aromatic carbocycles. The van der Waals surface area contributed by atoms with Gasteiger partial charge in [0.05, 0.1) is 12.8 Å². The minimum absolute atomic E-state index is 0.338. The highest BCUT2D eigenvalue weighted by Gasteiger charge is 2.04. The molecule has 2 aromatic rings. The number of ether oxygens (including phenoxy) is 2. The molecule has 0 fully saturated rings. The minimum atomic E-state index is 0.338. The predicted molar refractivity (Wildman–Crippen MR) is 76.0 cm³/mol. The van der Waals surface area contributed by atoms with E-state index in [4.69, 9.17) is 15.2 Å². The molecule has 2 N–H and O–H groups in total. The molecule has 0 amide bonds. The average molecular weight is 270 g/mol. The highest BCUT2D eigenvalue weighted by Crippen LogP contribution is 2.24. The van der Waals surface area contributed by atoms with Crippen molar-refractivity contribution in [2.75, 3.05) is 12.8 Å². The average Bonchev–Trinajstić information content (AvgIpc) is 2.47. The second kappa shape index (κ2) is 6.41. The van der Waals surface area contributed by atoms with Crippen LogP contribution in [0.4, 0.5) is 11.4 Å². The number of nitrogens with zero attached hydrogens (tertiary/aromatic N) is 1. The monoisotopic (exact) mass is 270 g/mol. The van der Waals surface area contributed by atoms with E-state index in [2.05, 4.69) is 4.99 Å². The summed E-state index contributed by atoms with van der Waals surface area (Å²) in [6, 6.07) is 12.2. The normalized spacial score (nSPS) is 9.65. The lowest BCUT2D eigenvalue weighted by atomic mass is 10.2. The number of isocyanates is 1. The van der Waals surface area contributed by atoms with Gasteiger partial charge in [-0.25, -0.2) is 4.79 Å². The van der Waals surface area contributed by atoms with Gasteiger partial charge in [-0.05, 0) is 42.5 Å². The van der Waals surface area contributed by atoms with Gasteiger partial charge in [0.1, 0.15) is 18.1 Å². The van der Waals surface area contributed by atoms with Crippen molar-refractivity contribution in [2.24, 2.45) is 4.99 Å². The van der Waals surface area contributed by atoms with Crippen molar-refractivity contribution in [3.05, 3.63) is 48.0 Å². The molecule has 0 spiro atoms. The Morgan fingerprint density at radius 3 is 2.60 bits per heavy atom. The molecule has 0 aromatic heterocycles. The van der Waals surface area contributed by atoms with Crippen LogP contribution >= 0.6 is 0 Å². The van der Waals surface area contributed by atoms with Crippen molar-refractivity contribution in [3.63, 3.8) is 0 Å². The highest BCUT2D eigenvalue weighted by molar-refractivity contribution is 5.50. The van der Waals surface area contributed by atoms with Crippen LogP contribution in [0.3, 0.4) is 0 Å². The number of hydrogen-bond acceptors (Lipinski definition) is 5. The standard InChI is InChI=1S/C15H14N2O3/c1-19-15-7-2-12(16)8-11(15)9-20-14-5-3-13(4-6-14)17-10-18/h2-8H,9,16H2,1H3. The summed E-state index contributed by atoms with van der Waals surface area (Å²) in [5.41, 5.74) is 7.80. The maximum absolute atomic E-state index is 10.1. The molecular weight excluding hydrogens is 256 g/mol. The van der Waals surface area contributed by atoms with E-state index < -0.39 is 0 Å². The summed E-state index contributed by atoms with van der Waals surface area (Å²) in [6.45, 7) is 0.338. The van der Waals surface area contributed by atoms with Crippen LogP contribution in [0.5, 0.6) is 11.5 Å². The number of nitrogen functional groups attached to an aromatic ring is 1. The first-order valence-electron chi connectivity index (χ1n) is 5.96. The number of carbonyl (C=O) groups excluding carboxylic acids is 1. The van der Waals surface area contributed by atoms with Gasteiger partial charge in [-0.3, -0.25) is 0 Å². The van der Waals surface area contributed by atoms with Gasteiger partial charge in [0.2, 0.25) is 6.08 Å². The fraction of sp³-hybridized carbons (Fsp3) is 0.133. The summed E-state index contributed by atoms with van der Waals surface area (Å²) in [6.07, 6.45) is 1.49. The first-order valence-corrected chi connectivity index (χ1v) is 5.96. The fourth-order valence-corrected chi connectivity index (χ4v) is 1.74. The maximum atomic E-state index is 10.1.